The molecule has 7 heteroatoms. The molecular weight excluding hydrogens is 410 g/mol. The fraction of sp³-hybridized carbons (Fsp3) is 0.333. The van der Waals surface area contributed by atoms with Crippen LogP contribution in [0.1, 0.15) is 18.4 Å². The Bertz CT molecular complexity index is 1000. The van der Waals surface area contributed by atoms with E-state index in [1.54, 1.807) is 7.11 Å². The number of nitrogens with zero attached hydrogens (tertiary/aromatic N) is 2. The lowest BCUT2D eigenvalue weighted by atomic mass is 10.1. The Kier molecular flexibility index (Phi) is 7.27. The van der Waals surface area contributed by atoms with Crippen LogP contribution in [0, 0.1) is 0 Å². The van der Waals surface area contributed by atoms with E-state index in [0.717, 1.165) is 53.7 Å². The molecule has 1 aliphatic heterocycles. The smallest absolute Gasteiger partial charge is 0.230 e. The van der Waals surface area contributed by atoms with Crippen molar-refractivity contribution >= 4 is 17.7 Å². The number of imidazole rings is 1. The summed E-state index contributed by atoms with van der Waals surface area (Å²) in [6, 6.07) is 17.9. The molecule has 1 aromatic heterocycles. The van der Waals surface area contributed by atoms with Gasteiger partial charge in [0, 0.05) is 13.2 Å². The van der Waals surface area contributed by atoms with Gasteiger partial charge in [-0.15, -0.1) is 0 Å². The zero-order chi connectivity index (χ0) is 21.5. The number of thioether (sulfide) groups is 1. The Labute approximate surface area is 187 Å². The molecule has 0 aliphatic carbocycles. The highest BCUT2D eigenvalue weighted by Gasteiger charge is 2.21. The van der Waals surface area contributed by atoms with Gasteiger partial charge < -0.3 is 19.4 Å². The van der Waals surface area contributed by atoms with Gasteiger partial charge in [-0.25, -0.2) is 4.98 Å². The number of methoxy groups -OCH3 is 1. The molecule has 1 atom stereocenters. The molecule has 2 heterocycles. The Morgan fingerprint density at radius 3 is 2.90 bits per heavy atom. The van der Waals surface area contributed by atoms with E-state index in [1.807, 2.05) is 48.7 Å². The Balaban J connectivity index is 1.41. The zero-order valence-electron chi connectivity index (χ0n) is 17.6. The summed E-state index contributed by atoms with van der Waals surface area (Å²) in [4.78, 5) is 17.1. The van der Waals surface area contributed by atoms with Gasteiger partial charge in [-0.2, -0.15) is 0 Å². The van der Waals surface area contributed by atoms with Crippen molar-refractivity contribution in [3.8, 4) is 17.0 Å². The van der Waals surface area contributed by atoms with Gasteiger partial charge in [0.25, 0.3) is 0 Å². The number of aromatic nitrogens is 2. The number of ether oxygens (including phenoxy) is 2. The van der Waals surface area contributed by atoms with Crippen LogP contribution in [0.4, 0.5) is 0 Å². The number of rotatable bonds is 9. The van der Waals surface area contributed by atoms with Crippen molar-refractivity contribution in [2.45, 2.75) is 37.2 Å². The second-order valence-electron chi connectivity index (χ2n) is 7.45. The van der Waals surface area contributed by atoms with Crippen molar-refractivity contribution in [1.29, 1.82) is 0 Å². The van der Waals surface area contributed by atoms with E-state index in [-0.39, 0.29) is 12.0 Å². The van der Waals surface area contributed by atoms with Crippen LogP contribution >= 0.6 is 11.8 Å². The molecular formula is C24H27N3O3S. The first-order chi connectivity index (χ1) is 15.2. The molecule has 0 spiro atoms. The standard InChI is InChI=1S/C24H27N3O3S/c1-29-20-10-5-7-18(13-20)14-25-23(28)17-31-24-26-15-22(19-8-3-2-4-9-19)27(24)16-21-11-6-12-30-21/h2-5,7-10,13,15,21H,6,11-12,14,16-17H2,1H3,(H,25,28). The fourth-order valence-corrected chi connectivity index (χ4v) is 4.46. The largest absolute Gasteiger partial charge is 0.497 e. The lowest BCUT2D eigenvalue weighted by Gasteiger charge is -2.16. The molecule has 3 aromatic rings. The molecule has 0 radical (unpaired) electrons. The van der Waals surface area contributed by atoms with E-state index >= 15 is 0 Å². The summed E-state index contributed by atoms with van der Waals surface area (Å²) in [5, 5.41) is 3.81. The van der Waals surface area contributed by atoms with Crippen LogP contribution in [-0.2, 0) is 22.6 Å². The predicted octanol–water partition coefficient (Wildman–Crippen LogP) is 4.15. The van der Waals surface area contributed by atoms with E-state index in [1.165, 1.54) is 11.8 Å². The van der Waals surface area contributed by atoms with Crippen molar-refractivity contribution in [3.05, 3.63) is 66.4 Å². The van der Waals surface area contributed by atoms with Crippen LogP contribution < -0.4 is 10.1 Å². The molecule has 0 saturated carbocycles. The second-order valence-corrected chi connectivity index (χ2v) is 8.40. The second kappa shape index (κ2) is 10.5. The quantitative estimate of drug-likeness (QED) is 0.510. The minimum Gasteiger partial charge on any atom is -0.497 e. The van der Waals surface area contributed by atoms with Crippen molar-refractivity contribution in [2.24, 2.45) is 0 Å². The number of hydrogen-bond acceptors (Lipinski definition) is 5. The average molecular weight is 438 g/mol. The summed E-state index contributed by atoms with van der Waals surface area (Å²) in [7, 11) is 1.64. The minimum atomic E-state index is -0.0271. The van der Waals surface area contributed by atoms with Gasteiger partial charge in [-0.05, 0) is 36.1 Å². The lowest BCUT2D eigenvalue weighted by Crippen LogP contribution is -2.25. The summed E-state index contributed by atoms with van der Waals surface area (Å²) in [5.41, 5.74) is 3.17. The van der Waals surface area contributed by atoms with E-state index in [9.17, 15) is 4.79 Å². The molecule has 1 unspecified atom stereocenters. The van der Waals surface area contributed by atoms with Gasteiger partial charge in [-0.1, -0.05) is 54.2 Å². The first-order valence-electron chi connectivity index (χ1n) is 10.5. The third-order valence-corrected chi connectivity index (χ3v) is 6.25. The highest BCUT2D eigenvalue weighted by atomic mass is 32.2. The molecule has 1 N–H and O–H groups in total. The molecule has 1 saturated heterocycles. The van der Waals surface area contributed by atoms with Gasteiger partial charge in [0.2, 0.25) is 5.91 Å². The number of carbonyl (C=O) groups is 1. The summed E-state index contributed by atoms with van der Waals surface area (Å²) in [5.74, 6) is 1.06. The Hall–Kier alpha value is -2.77. The van der Waals surface area contributed by atoms with Gasteiger partial charge in [-0.3, -0.25) is 4.79 Å². The molecule has 31 heavy (non-hydrogen) atoms. The van der Waals surface area contributed by atoms with Crippen molar-refractivity contribution in [1.82, 2.24) is 14.9 Å². The van der Waals surface area contributed by atoms with Crippen molar-refractivity contribution in [2.75, 3.05) is 19.5 Å². The van der Waals surface area contributed by atoms with E-state index in [4.69, 9.17) is 9.47 Å². The third kappa shape index (κ3) is 5.68. The highest BCUT2D eigenvalue weighted by Crippen LogP contribution is 2.28. The van der Waals surface area contributed by atoms with Gasteiger partial charge >= 0.3 is 0 Å². The molecule has 162 valence electrons. The van der Waals surface area contributed by atoms with Gasteiger partial charge in [0.1, 0.15) is 5.75 Å². The minimum absolute atomic E-state index is 0.0271. The van der Waals surface area contributed by atoms with Crippen molar-refractivity contribution in [3.63, 3.8) is 0 Å². The fourth-order valence-electron chi connectivity index (χ4n) is 3.65. The molecule has 0 bridgehead atoms. The molecule has 1 aliphatic rings. The van der Waals surface area contributed by atoms with Gasteiger partial charge in [0.05, 0.1) is 37.4 Å². The molecule has 2 aromatic carbocycles. The maximum absolute atomic E-state index is 12.5. The predicted molar refractivity (Wildman–Crippen MR) is 122 cm³/mol. The average Bonchev–Trinajstić information content (AvgIpc) is 3.47. The third-order valence-electron chi connectivity index (χ3n) is 5.25. The zero-order valence-corrected chi connectivity index (χ0v) is 18.4. The number of carbonyl (C=O) groups excluding carboxylic acids is 1. The SMILES string of the molecule is COc1cccc(CNC(=O)CSc2ncc(-c3ccccc3)n2CC2CCCO2)c1. The van der Waals surface area contributed by atoms with Gasteiger partial charge in [0.15, 0.2) is 5.16 Å². The van der Waals surface area contributed by atoms with Crippen molar-refractivity contribution < 1.29 is 14.3 Å². The Morgan fingerprint density at radius 1 is 1.26 bits per heavy atom. The van der Waals surface area contributed by atoms with Crippen LogP contribution in [-0.4, -0.2) is 41.0 Å². The maximum Gasteiger partial charge on any atom is 0.230 e. The van der Waals surface area contributed by atoms with E-state index in [2.05, 4.69) is 27.0 Å². The van der Waals surface area contributed by atoms with Crippen LogP contribution in [0.5, 0.6) is 5.75 Å². The normalized spacial score (nSPS) is 15.7. The summed E-state index contributed by atoms with van der Waals surface area (Å²) in [6.07, 6.45) is 4.23. The van der Waals surface area contributed by atoms with Crippen LogP contribution in [0.3, 0.4) is 0 Å². The summed E-state index contributed by atoms with van der Waals surface area (Å²) >= 11 is 1.46. The Morgan fingerprint density at radius 2 is 2.13 bits per heavy atom. The van der Waals surface area contributed by atoms with Crippen LogP contribution in [0.2, 0.25) is 0 Å². The van der Waals surface area contributed by atoms with E-state index in [0.29, 0.717) is 12.3 Å². The highest BCUT2D eigenvalue weighted by molar-refractivity contribution is 7.99. The maximum atomic E-state index is 12.5. The number of amides is 1. The molecule has 1 fully saturated rings. The topological polar surface area (TPSA) is 65.4 Å². The summed E-state index contributed by atoms with van der Waals surface area (Å²) < 4.78 is 13.3. The van der Waals surface area contributed by atoms with Crippen LogP contribution in [0.25, 0.3) is 11.3 Å². The van der Waals surface area contributed by atoms with E-state index < -0.39 is 0 Å². The van der Waals surface area contributed by atoms with Crippen LogP contribution in [0.15, 0.2) is 66.0 Å². The molecule has 1 amide bonds. The first kappa shape index (κ1) is 21.5. The number of benzene rings is 2. The molecule has 4 rings (SSSR count). The first-order valence-corrected chi connectivity index (χ1v) is 11.5. The number of hydrogen-bond donors (Lipinski definition) is 1. The molecule has 6 nitrogen and oxygen atoms in total. The number of nitrogens with one attached hydrogen (secondary N) is 1. The monoisotopic (exact) mass is 437 g/mol. The lowest BCUT2D eigenvalue weighted by molar-refractivity contribution is -0.118. The summed E-state index contributed by atoms with van der Waals surface area (Å²) in [6.45, 7) is 2.03.